The molecule has 1 saturated heterocycles. The van der Waals surface area contributed by atoms with Gasteiger partial charge in [0.15, 0.2) is 5.78 Å². The minimum atomic E-state index is 0.0950. The number of nitrogens with zero attached hydrogens (tertiary/aromatic N) is 2. The Hall–Kier alpha value is -2.40. The molecule has 5 nitrogen and oxygen atoms in total. The molecule has 1 aromatic heterocycles. The lowest BCUT2D eigenvalue weighted by Gasteiger charge is -2.33. The van der Waals surface area contributed by atoms with Gasteiger partial charge in [-0.3, -0.25) is 9.59 Å². The molecular weight excluding hydrogens is 350 g/mol. The lowest BCUT2D eigenvalue weighted by molar-refractivity contribution is -0.892. The van der Waals surface area contributed by atoms with E-state index in [-0.39, 0.29) is 11.6 Å². The van der Waals surface area contributed by atoms with Gasteiger partial charge in [0.2, 0.25) is 5.78 Å². The fraction of sp³-hybridized carbons (Fsp3) is 0.478. The Labute approximate surface area is 167 Å². The van der Waals surface area contributed by atoms with Crippen LogP contribution in [-0.2, 0) is 6.54 Å². The van der Waals surface area contributed by atoms with Gasteiger partial charge in [-0.25, -0.2) is 0 Å². The van der Waals surface area contributed by atoms with Crippen LogP contribution in [0, 0.1) is 13.8 Å². The molecule has 3 rings (SSSR count). The van der Waals surface area contributed by atoms with Gasteiger partial charge in [-0.1, -0.05) is 6.92 Å². The van der Waals surface area contributed by atoms with Gasteiger partial charge in [0, 0.05) is 34.7 Å². The van der Waals surface area contributed by atoms with Crippen molar-refractivity contribution < 1.29 is 14.5 Å². The standard InChI is InChI=1S/C23H31N3O2/c1-5-10-26-17(2)15-22(18(26)3)23(28)16-24-11-13-25(14-12-24)21-8-6-20(7-9-21)19(4)27/h6-9,15H,5,10-14,16H2,1-4H3/p+1. The van der Waals surface area contributed by atoms with Gasteiger partial charge in [-0.15, -0.1) is 0 Å². The zero-order chi connectivity index (χ0) is 20.3. The van der Waals surface area contributed by atoms with Crippen LogP contribution in [-0.4, -0.2) is 48.9 Å². The van der Waals surface area contributed by atoms with E-state index in [1.54, 1.807) is 6.92 Å². The van der Waals surface area contributed by atoms with Gasteiger partial charge in [0.25, 0.3) is 0 Å². The number of rotatable bonds is 7. The summed E-state index contributed by atoms with van der Waals surface area (Å²) in [7, 11) is 0. The van der Waals surface area contributed by atoms with Crippen molar-refractivity contribution >= 4 is 17.3 Å². The molecule has 150 valence electrons. The summed E-state index contributed by atoms with van der Waals surface area (Å²) in [5.74, 6) is 0.349. The van der Waals surface area contributed by atoms with E-state index in [0.29, 0.717) is 6.54 Å². The second-order valence-corrected chi connectivity index (χ2v) is 7.88. The van der Waals surface area contributed by atoms with E-state index in [1.165, 1.54) is 10.6 Å². The zero-order valence-corrected chi connectivity index (χ0v) is 17.5. The van der Waals surface area contributed by atoms with E-state index in [4.69, 9.17) is 0 Å². The summed E-state index contributed by atoms with van der Waals surface area (Å²) < 4.78 is 2.26. The average Bonchev–Trinajstić information content (AvgIpc) is 2.97. The van der Waals surface area contributed by atoms with Gasteiger partial charge in [0.05, 0.1) is 26.2 Å². The number of Topliss-reactive ketones (excluding diaryl/α,β-unsaturated/α-hetero) is 2. The lowest BCUT2D eigenvalue weighted by Crippen LogP contribution is -3.15. The molecule has 0 radical (unpaired) electrons. The van der Waals surface area contributed by atoms with Crippen LogP contribution >= 0.6 is 0 Å². The van der Waals surface area contributed by atoms with Crippen molar-refractivity contribution in [2.45, 2.75) is 40.7 Å². The molecule has 0 aliphatic carbocycles. The first-order valence-corrected chi connectivity index (χ1v) is 10.3. The topological polar surface area (TPSA) is 46.8 Å². The van der Waals surface area contributed by atoms with Crippen LogP contribution in [0.1, 0.15) is 52.4 Å². The van der Waals surface area contributed by atoms with Crippen LogP contribution in [0.5, 0.6) is 0 Å². The molecule has 0 saturated carbocycles. The maximum absolute atomic E-state index is 12.9. The van der Waals surface area contributed by atoms with Crippen LogP contribution in [0.3, 0.4) is 0 Å². The van der Waals surface area contributed by atoms with Crippen LogP contribution in [0.2, 0.25) is 0 Å². The third-order valence-corrected chi connectivity index (χ3v) is 5.84. The van der Waals surface area contributed by atoms with E-state index >= 15 is 0 Å². The third kappa shape index (κ3) is 4.36. The van der Waals surface area contributed by atoms with E-state index in [2.05, 4.69) is 36.3 Å². The molecule has 1 N–H and O–H groups in total. The number of quaternary nitrogens is 1. The quantitative estimate of drug-likeness (QED) is 0.748. The maximum Gasteiger partial charge on any atom is 0.218 e. The van der Waals surface area contributed by atoms with E-state index < -0.39 is 0 Å². The summed E-state index contributed by atoms with van der Waals surface area (Å²) in [6, 6.07) is 9.89. The number of aryl methyl sites for hydroxylation is 1. The molecular formula is C23H32N3O2+. The smallest absolute Gasteiger partial charge is 0.218 e. The summed E-state index contributed by atoms with van der Waals surface area (Å²) in [6.45, 7) is 13.2. The van der Waals surface area contributed by atoms with Crippen molar-refractivity contribution in [3.63, 3.8) is 0 Å². The number of aromatic nitrogens is 1. The first-order valence-electron chi connectivity index (χ1n) is 10.3. The zero-order valence-electron chi connectivity index (χ0n) is 17.5. The Morgan fingerprint density at radius 1 is 1.07 bits per heavy atom. The van der Waals surface area contributed by atoms with Gasteiger partial charge in [0.1, 0.15) is 6.54 Å². The predicted octanol–water partition coefficient (Wildman–Crippen LogP) is 2.31. The molecule has 1 fully saturated rings. The maximum atomic E-state index is 12.9. The van der Waals surface area contributed by atoms with Gasteiger partial charge < -0.3 is 14.4 Å². The Balaban J connectivity index is 1.57. The monoisotopic (exact) mass is 382 g/mol. The highest BCUT2D eigenvalue weighted by Gasteiger charge is 2.25. The first kappa shape index (κ1) is 20.3. The highest BCUT2D eigenvalue weighted by molar-refractivity contribution is 5.98. The third-order valence-electron chi connectivity index (χ3n) is 5.84. The number of hydrogen-bond donors (Lipinski definition) is 1. The summed E-state index contributed by atoms with van der Waals surface area (Å²) in [4.78, 5) is 28.0. The second-order valence-electron chi connectivity index (χ2n) is 7.88. The highest BCUT2D eigenvalue weighted by Crippen LogP contribution is 2.17. The predicted molar refractivity (Wildman–Crippen MR) is 113 cm³/mol. The molecule has 5 heteroatoms. The molecule has 1 aromatic carbocycles. The first-order chi connectivity index (χ1) is 13.4. The molecule has 0 bridgehead atoms. The molecule has 0 spiro atoms. The fourth-order valence-electron chi connectivity index (χ4n) is 4.14. The summed E-state index contributed by atoms with van der Waals surface area (Å²) in [5, 5.41) is 0. The van der Waals surface area contributed by atoms with Crippen molar-refractivity contribution in [1.29, 1.82) is 0 Å². The average molecular weight is 383 g/mol. The SMILES string of the molecule is CCCn1c(C)cc(C(=O)C[NH+]2CCN(c3ccc(C(C)=O)cc3)CC2)c1C. The molecule has 0 unspecified atom stereocenters. The summed E-state index contributed by atoms with van der Waals surface area (Å²) in [6.07, 6.45) is 1.07. The minimum absolute atomic E-state index is 0.0950. The molecule has 1 aliphatic rings. The number of carbonyl (C=O) groups excluding carboxylic acids is 2. The Kier molecular flexibility index (Phi) is 6.35. The van der Waals surface area contributed by atoms with Crippen LogP contribution in [0.4, 0.5) is 5.69 Å². The Morgan fingerprint density at radius 3 is 2.29 bits per heavy atom. The van der Waals surface area contributed by atoms with Gasteiger partial charge in [-0.2, -0.15) is 0 Å². The van der Waals surface area contributed by atoms with Gasteiger partial charge in [-0.05, 0) is 57.5 Å². The number of hydrogen-bond acceptors (Lipinski definition) is 3. The number of anilines is 1. The van der Waals surface area contributed by atoms with Crippen molar-refractivity contribution in [2.75, 3.05) is 37.6 Å². The number of piperazine rings is 1. The Morgan fingerprint density at radius 2 is 1.71 bits per heavy atom. The fourth-order valence-corrected chi connectivity index (χ4v) is 4.14. The van der Waals surface area contributed by atoms with E-state index in [0.717, 1.165) is 61.7 Å². The molecule has 0 amide bonds. The van der Waals surface area contributed by atoms with Crippen LogP contribution < -0.4 is 9.80 Å². The number of nitrogens with one attached hydrogen (secondary N) is 1. The van der Waals surface area contributed by atoms with E-state index in [1.807, 2.05) is 24.3 Å². The number of benzene rings is 1. The summed E-state index contributed by atoms with van der Waals surface area (Å²) >= 11 is 0. The highest BCUT2D eigenvalue weighted by atomic mass is 16.1. The molecule has 2 aromatic rings. The van der Waals surface area contributed by atoms with Gasteiger partial charge >= 0.3 is 0 Å². The van der Waals surface area contributed by atoms with Crippen molar-refractivity contribution in [3.8, 4) is 0 Å². The summed E-state index contributed by atoms with van der Waals surface area (Å²) in [5.41, 5.74) is 5.07. The van der Waals surface area contributed by atoms with Crippen molar-refractivity contribution in [2.24, 2.45) is 0 Å². The van der Waals surface area contributed by atoms with Crippen molar-refractivity contribution in [3.05, 3.63) is 52.8 Å². The van der Waals surface area contributed by atoms with Crippen LogP contribution in [0.25, 0.3) is 0 Å². The largest absolute Gasteiger partial charge is 0.360 e. The van der Waals surface area contributed by atoms with E-state index in [9.17, 15) is 9.59 Å². The second kappa shape index (κ2) is 8.74. The molecule has 28 heavy (non-hydrogen) atoms. The number of ketones is 2. The lowest BCUT2D eigenvalue weighted by atomic mass is 10.1. The normalized spacial score (nSPS) is 15.1. The Bertz CT molecular complexity index is 843. The van der Waals surface area contributed by atoms with Crippen LogP contribution in [0.15, 0.2) is 30.3 Å². The molecule has 1 aliphatic heterocycles. The minimum Gasteiger partial charge on any atom is -0.360 e. The molecule has 0 atom stereocenters. The van der Waals surface area contributed by atoms with Crippen molar-refractivity contribution in [1.82, 2.24) is 4.57 Å². The molecule has 2 heterocycles. The number of carbonyl (C=O) groups is 2.